The normalized spacial score (nSPS) is 19.5. The summed E-state index contributed by atoms with van der Waals surface area (Å²) < 4.78 is 14.1. The van der Waals surface area contributed by atoms with Crippen molar-refractivity contribution in [2.24, 2.45) is 0 Å². The van der Waals surface area contributed by atoms with Gasteiger partial charge in [0.2, 0.25) is 5.91 Å². The predicted molar refractivity (Wildman–Crippen MR) is 111 cm³/mol. The van der Waals surface area contributed by atoms with Crippen LogP contribution < -0.4 is 9.80 Å². The van der Waals surface area contributed by atoms with Crippen LogP contribution in [0.2, 0.25) is 0 Å². The van der Waals surface area contributed by atoms with Crippen LogP contribution >= 0.6 is 0 Å². The Kier molecular flexibility index (Phi) is 5.62. The van der Waals surface area contributed by atoms with Gasteiger partial charge in [-0.05, 0) is 30.3 Å². The lowest BCUT2D eigenvalue weighted by atomic mass is 10.1. The summed E-state index contributed by atoms with van der Waals surface area (Å²) in [4.78, 5) is 53.0. The minimum absolute atomic E-state index is 0.0789. The summed E-state index contributed by atoms with van der Waals surface area (Å²) in [5.41, 5.74) is -0.260. The molecule has 2 aromatic carbocycles. The Bertz CT molecular complexity index is 1080. The highest BCUT2D eigenvalue weighted by Crippen LogP contribution is 2.29. The highest BCUT2D eigenvalue weighted by Gasteiger charge is 2.43. The van der Waals surface area contributed by atoms with Crippen molar-refractivity contribution in [3.63, 3.8) is 0 Å². The zero-order chi connectivity index (χ0) is 23.0. The number of aromatic carboxylic acids is 2. The van der Waals surface area contributed by atoms with E-state index < -0.39 is 29.8 Å². The quantitative estimate of drug-likeness (QED) is 0.673. The molecule has 0 spiro atoms. The van der Waals surface area contributed by atoms with Gasteiger partial charge in [0.05, 0.1) is 35.0 Å². The number of rotatable bonds is 5. The molecule has 2 aromatic rings. The Morgan fingerprint density at radius 1 is 0.906 bits per heavy atom. The number of para-hydroxylation sites is 1. The van der Waals surface area contributed by atoms with Crippen LogP contribution in [0.25, 0.3) is 0 Å². The molecule has 2 fully saturated rings. The van der Waals surface area contributed by atoms with E-state index in [1.54, 1.807) is 18.2 Å². The molecule has 1 unspecified atom stereocenters. The molecule has 0 aromatic heterocycles. The first kappa shape index (κ1) is 21.4. The molecule has 2 saturated heterocycles. The minimum atomic E-state index is -1.37. The number of amides is 2. The largest absolute Gasteiger partial charge is 0.478 e. The van der Waals surface area contributed by atoms with Crippen LogP contribution in [0.15, 0.2) is 42.5 Å². The molecule has 9 nitrogen and oxygen atoms in total. The van der Waals surface area contributed by atoms with Gasteiger partial charge in [0.25, 0.3) is 5.91 Å². The van der Waals surface area contributed by atoms with E-state index in [9.17, 15) is 33.8 Å². The monoisotopic (exact) mass is 441 g/mol. The molecular formula is C22H20FN3O6. The average Bonchev–Trinajstić information content (AvgIpc) is 3.07. The molecule has 2 amide bonds. The number of imide groups is 1. The first-order valence-corrected chi connectivity index (χ1v) is 9.98. The van der Waals surface area contributed by atoms with Crippen LogP contribution in [-0.2, 0) is 9.59 Å². The van der Waals surface area contributed by atoms with E-state index in [1.807, 2.05) is 9.80 Å². The predicted octanol–water partition coefficient (Wildman–Crippen LogP) is 1.68. The maximum atomic E-state index is 14.1. The van der Waals surface area contributed by atoms with Gasteiger partial charge in [0.15, 0.2) is 0 Å². The van der Waals surface area contributed by atoms with Gasteiger partial charge in [-0.2, -0.15) is 0 Å². The molecule has 166 valence electrons. The Balaban J connectivity index is 1.52. The number of piperazine rings is 1. The third-order valence-electron chi connectivity index (χ3n) is 5.74. The van der Waals surface area contributed by atoms with Crippen LogP contribution in [0.1, 0.15) is 27.1 Å². The van der Waals surface area contributed by atoms with Gasteiger partial charge in [-0.3, -0.25) is 14.5 Å². The molecule has 0 radical (unpaired) electrons. The van der Waals surface area contributed by atoms with Crippen molar-refractivity contribution in [3.8, 4) is 0 Å². The van der Waals surface area contributed by atoms with E-state index in [1.165, 1.54) is 6.07 Å². The van der Waals surface area contributed by atoms with Crippen LogP contribution in [0.4, 0.5) is 15.8 Å². The van der Waals surface area contributed by atoms with Crippen molar-refractivity contribution in [1.82, 2.24) is 4.90 Å². The highest BCUT2D eigenvalue weighted by molar-refractivity contribution is 6.23. The summed E-state index contributed by atoms with van der Waals surface area (Å²) in [6, 6.07) is 8.89. The Hall–Kier alpha value is -3.79. The number of halogens is 1. The number of benzene rings is 2. The highest BCUT2D eigenvalue weighted by atomic mass is 19.1. The van der Waals surface area contributed by atoms with Crippen molar-refractivity contribution in [2.75, 3.05) is 36.0 Å². The first-order valence-electron chi connectivity index (χ1n) is 9.98. The van der Waals surface area contributed by atoms with Gasteiger partial charge in [0.1, 0.15) is 5.82 Å². The van der Waals surface area contributed by atoms with Crippen molar-refractivity contribution in [1.29, 1.82) is 0 Å². The van der Waals surface area contributed by atoms with E-state index in [-0.39, 0.29) is 29.1 Å². The number of carbonyl (C=O) groups excluding carboxylic acids is 2. The smallest absolute Gasteiger partial charge is 0.335 e. The fourth-order valence-electron chi connectivity index (χ4n) is 4.14. The van der Waals surface area contributed by atoms with E-state index in [0.717, 1.165) is 23.1 Å². The van der Waals surface area contributed by atoms with Gasteiger partial charge in [-0.25, -0.2) is 18.9 Å². The molecule has 32 heavy (non-hydrogen) atoms. The number of nitrogens with zero attached hydrogens (tertiary/aromatic N) is 3. The van der Waals surface area contributed by atoms with Gasteiger partial charge in [-0.1, -0.05) is 12.1 Å². The van der Waals surface area contributed by atoms with Crippen molar-refractivity contribution in [2.45, 2.75) is 12.5 Å². The Morgan fingerprint density at radius 3 is 2.06 bits per heavy atom. The topological polar surface area (TPSA) is 118 Å². The number of hydrogen-bond acceptors (Lipinski definition) is 6. The molecule has 10 heteroatoms. The van der Waals surface area contributed by atoms with E-state index in [4.69, 9.17) is 0 Å². The SMILES string of the molecule is O=C(O)c1cc(C(=O)O)cc(N2C(=O)CC(N3CCN(c4ccccc4F)CC3)C2=O)c1. The van der Waals surface area contributed by atoms with Crippen molar-refractivity contribution >= 4 is 35.1 Å². The molecule has 0 bridgehead atoms. The average molecular weight is 441 g/mol. The number of anilines is 2. The number of carbonyl (C=O) groups is 4. The Labute approximate surface area is 182 Å². The molecule has 4 rings (SSSR count). The summed E-state index contributed by atoms with van der Waals surface area (Å²) in [7, 11) is 0. The van der Waals surface area contributed by atoms with Gasteiger partial charge < -0.3 is 15.1 Å². The number of carboxylic acids is 2. The fourth-order valence-corrected chi connectivity index (χ4v) is 4.14. The molecular weight excluding hydrogens is 421 g/mol. The molecule has 2 aliphatic heterocycles. The molecule has 1 atom stereocenters. The second kappa shape index (κ2) is 8.39. The maximum Gasteiger partial charge on any atom is 0.335 e. The molecule has 2 heterocycles. The summed E-state index contributed by atoms with van der Waals surface area (Å²) in [6.07, 6.45) is -0.0990. The number of hydrogen-bond donors (Lipinski definition) is 2. The fraction of sp³-hybridized carbons (Fsp3) is 0.273. The molecule has 2 aliphatic rings. The summed E-state index contributed by atoms with van der Waals surface area (Å²) >= 11 is 0. The minimum Gasteiger partial charge on any atom is -0.478 e. The molecule has 0 aliphatic carbocycles. The van der Waals surface area contributed by atoms with Crippen LogP contribution in [0.5, 0.6) is 0 Å². The van der Waals surface area contributed by atoms with Crippen molar-refractivity contribution in [3.05, 3.63) is 59.4 Å². The maximum absolute atomic E-state index is 14.1. The van der Waals surface area contributed by atoms with Crippen LogP contribution in [0.3, 0.4) is 0 Å². The third-order valence-corrected chi connectivity index (χ3v) is 5.74. The summed E-state index contributed by atoms with van der Waals surface area (Å²) in [5, 5.41) is 18.5. The Morgan fingerprint density at radius 2 is 1.50 bits per heavy atom. The van der Waals surface area contributed by atoms with Crippen LogP contribution in [-0.4, -0.2) is 71.1 Å². The lowest BCUT2D eigenvalue weighted by molar-refractivity contribution is -0.123. The van der Waals surface area contributed by atoms with E-state index >= 15 is 0 Å². The number of carboxylic acid groups (broad SMARTS) is 2. The standard InChI is InChI=1S/C22H20FN3O6/c23-16-3-1-2-4-17(16)24-5-7-25(8-6-24)18-12-19(27)26(20(18)28)15-10-13(21(29)30)9-14(11-15)22(31)32/h1-4,9-11,18H,5-8,12H2,(H,29,30)(H,31,32). The van der Waals surface area contributed by atoms with Gasteiger partial charge in [0, 0.05) is 26.2 Å². The molecule has 0 saturated carbocycles. The van der Waals surface area contributed by atoms with Gasteiger partial charge >= 0.3 is 11.9 Å². The third kappa shape index (κ3) is 3.92. The molecule has 2 N–H and O–H groups in total. The lowest BCUT2D eigenvalue weighted by Crippen LogP contribution is -2.52. The summed E-state index contributed by atoms with van der Waals surface area (Å²) in [5.74, 6) is -4.13. The second-order valence-corrected chi connectivity index (χ2v) is 7.64. The van der Waals surface area contributed by atoms with E-state index in [0.29, 0.717) is 31.9 Å². The van der Waals surface area contributed by atoms with Gasteiger partial charge in [-0.15, -0.1) is 0 Å². The lowest BCUT2D eigenvalue weighted by Gasteiger charge is -2.38. The van der Waals surface area contributed by atoms with Crippen LogP contribution in [0, 0.1) is 5.82 Å². The van der Waals surface area contributed by atoms with Crippen molar-refractivity contribution < 1.29 is 33.8 Å². The summed E-state index contributed by atoms with van der Waals surface area (Å²) in [6.45, 7) is 1.80. The zero-order valence-corrected chi connectivity index (χ0v) is 16.9. The van der Waals surface area contributed by atoms with E-state index in [2.05, 4.69) is 0 Å². The first-order chi connectivity index (χ1) is 15.3. The second-order valence-electron chi connectivity index (χ2n) is 7.64. The zero-order valence-electron chi connectivity index (χ0n) is 16.9.